The Balaban J connectivity index is 2.62. The highest BCUT2D eigenvalue weighted by Gasteiger charge is 2.31. The van der Waals surface area contributed by atoms with Crippen molar-refractivity contribution < 1.29 is 13.2 Å². The van der Waals surface area contributed by atoms with Gasteiger partial charge in [-0.2, -0.15) is 18.4 Å². The highest BCUT2D eigenvalue weighted by atomic mass is 19.4. The van der Waals surface area contributed by atoms with E-state index in [-0.39, 0.29) is 11.1 Å². The van der Waals surface area contributed by atoms with Gasteiger partial charge in [0.1, 0.15) is 0 Å². The normalized spacial score (nSPS) is 11.0. The number of nitriles is 1. The van der Waals surface area contributed by atoms with E-state index in [0.717, 1.165) is 12.1 Å². The predicted molar refractivity (Wildman–Crippen MR) is 59.4 cm³/mol. The molecule has 18 heavy (non-hydrogen) atoms. The molecule has 5 heteroatoms. The maximum absolute atomic E-state index is 12.6. The van der Waals surface area contributed by atoms with Gasteiger partial charge in [0.05, 0.1) is 17.2 Å². The summed E-state index contributed by atoms with van der Waals surface area (Å²) >= 11 is 0. The van der Waals surface area contributed by atoms with Crippen molar-refractivity contribution in [2.75, 3.05) is 0 Å². The molecule has 0 radical (unpaired) electrons. The second-order valence-corrected chi connectivity index (χ2v) is 3.61. The molecule has 0 amide bonds. The van der Waals surface area contributed by atoms with Crippen LogP contribution in [0.5, 0.6) is 0 Å². The molecule has 0 unspecified atom stereocenters. The lowest BCUT2D eigenvalue weighted by Crippen LogP contribution is -2.05. The molecule has 1 aromatic carbocycles. The number of hydrogen-bond acceptors (Lipinski definition) is 2. The predicted octanol–water partition coefficient (Wildman–Crippen LogP) is 3.64. The standard InChI is InChI=1S/C13H7F3N2/c14-13(15,16)11-2-1-10(8-17)12(7-11)9-3-5-18-6-4-9/h1-7H. The van der Waals surface area contributed by atoms with Gasteiger partial charge < -0.3 is 0 Å². The quantitative estimate of drug-likeness (QED) is 0.772. The number of benzene rings is 1. The Morgan fingerprint density at radius 2 is 1.72 bits per heavy atom. The zero-order chi connectivity index (χ0) is 13.2. The molecule has 0 aliphatic heterocycles. The van der Waals surface area contributed by atoms with Crippen molar-refractivity contribution in [1.29, 1.82) is 5.26 Å². The average Bonchev–Trinajstić information content (AvgIpc) is 2.38. The van der Waals surface area contributed by atoms with E-state index in [1.807, 2.05) is 6.07 Å². The van der Waals surface area contributed by atoms with Gasteiger partial charge in [0.2, 0.25) is 0 Å². The number of hydrogen-bond donors (Lipinski definition) is 0. The third-order valence-electron chi connectivity index (χ3n) is 2.46. The van der Waals surface area contributed by atoms with Crippen LogP contribution in [0.25, 0.3) is 11.1 Å². The van der Waals surface area contributed by atoms with E-state index in [1.54, 1.807) is 12.1 Å². The number of alkyl halides is 3. The fourth-order valence-corrected chi connectivity index (χ4v) is 1.59. The molecule has 0 bridgehead atoms. The number of nitrogens with zero attached hydrogens (tertiary/aromatic N) is 2. The summed E-state index contributed by atoms with van der Waals surface area (Å²) in [6.45, 7) is 0. The van der Waals surface area contributed by atoms with Gasteiger partial charge in [-0.3, -0.25) is 4.98 Å². The number of aromatic nitrogens is 1. The molecule has 2 aromatic rings. The molecule has 0 spiro atoms. The van der Waals surface area contributed by atoms with Crippen molar-refractivity contribution in [3.8, 4) is 17.2 Å². The Hall–Kier alpha value is -2.35. The summed E-state index contributed by atoms with van der Waals surface area (Å²) in [7, 11) is 0. The van der Waals surface area contributed by atoms with Crippen molar-refractivity contribution in [1.82, 2.24) is 4.98 Å². The summed E-state index contributed by atoms with van der Waals surface area (Å²) in [5.74, 6) is 0. The molecule has 0 saturated carbocycles. The zero-order valence-corrected chi connectivity index (χ0v) is 9.07. The molecule has 0 fully saturated rings. The first-order valence-corrected chi connectivity index (χ1v) is 5.04. The molecular formula is C13H7F3N2. The number of rotatable bonds is 1. The lowest BCUT2D eigenvalue weighted by molar-refractivity contribution is -0.137. The molecule has 0 aliphatic carbocycles. The topological polar surface area (TPSA) is 36.7 Å². The largest absolute Gasteiger partial charge is 0.416 e. The zero-order valence-electron chi connectivity index (χ0n) is 9.07. The van der Waals surface area contributed by atoms with Crippen LogP contribution in [-0.4, -0.2) is 4.98 Å². The first kappa shape index (κ1) is 12.1. The van der Waals surface area contributed by atoms with Gasteiger partial charge >= 0.3 is 6.18 Å². The summed E-state index contributed by atoms with van der Waals surface area (Å²) in [6.07, 6.45) is -1.48. The Morgan fingerprint density at radius 3 is 2.28 bits per heavy atom. The van der Waals surface area contributed by atoms with Gasteiger partial charge in [0, 0.05) is 18.0 Å². The maximum atomic E-state index is 12.6. The molecule has 0 aliphatic rings. The first-order valence-electron chi connectivity index (χ1n) is 5.04. The molecule has 0 N–H and O–H groups in total. The van der Waals surface area contributed by atoms with Crippen LogP contribution in [0.4, 0.5) is 13.2 Å². The van der Waals surface area contributed by atoms with Crippen molar-refractivity contribution in [2.45, 2.75) is 6.18 Å². The van der Waals surface area contributed by atoms with Gasteiger partial charge in [-0.1, -0.05) is 0 Å². The Morgan fingerprint density at radius 1 is 1.06 bits per heavy atom. The lowest BCUT2D eigenvalue weighted by atomic mass is 9.98. The second-order valence-electron chi connectivity index (χ2n) is 3.61. The number of halogens is 3. The van der Waals surface area contributed by atoms with E-state index in [2.05, 4.69) is 4.98 Å². The van der Waals surface area contributed by atoms with Gasteiger partial charge in [0.25, 0.3) is 0 Å². The smallest absolute Gasteiger partial charge is 0.265 e. The van der Waals surface area contributed by atoms with E-state index in [9.17, 15) is 13.2 Å². The van der Waals surface area contributed by atoms with Crippen LogP contribution in [-0.2, 0) is 6.18 Å². The molecule has 1 heterocycles. The molecular weight excluding hydrogens is 241 g/mol. The molecule has 0 saturated heterocycles. The second kappa shape index (κ2) is 4.49. The van der Waals surface area contributed by atoms with Crippen molar-refractivity contribution in [3.63, 3.8) is 0 Å². The monoisotopic (exact) mass is 248 g/mol. The van der Waals surface area contributed by atoms with Crippen molar-refractivity contribution in [2.24, 2.45) is 0 Å². The Labute approximate surface area is 101 Å². The SMILES string of the molecule is N#Cc1ccc(C(F)(F)F)cc1-c1ccncc1. The van der Waals surface area contributed by atoms with E-state index in [0.29, 0.717) is 5.56 Å². The van der Waals surface area contributed by atoms with Crippen molar-refractivity contribution >= 4 is 0 Å². The minimum absolute atomic E-state index is 0.203. The average molecular weight is 248 g/mol. The van der Waals surface area contributed by atoms with Crippen LogP contribution in [0.3, 0.4) is 0 Å². The van der Waals surface area contributed by atoms with Gasteiger partial charge in [-0.25, -0.2) is 0 Å². The maximum Gasteiger partial charge on any atom is 0.416 e. The molecule has 0 atom stereocenters. The van der Waals surface area contributed by atoms with Crippen LogP contribution in [0, 0.1) is 11.3 Å². The van der Waals surface area contributed by atoms with E-state index < -0.39 is 11.7 Å². The number of pyridine rings is 1. The fraction of sp³-hybridized carbons (Fsp3) is 0.0769. The Bertz CT molecular complexity index is 598. The van der Waals surface area contributed by atoms with Gasteiger partial charge in [-0.15, -0.1) is 0 Å². The van der Waals surface area contributed by atoms with E-state index >= 15 is 0 Å². The third kappa shape index (κ3) is 2.33. The Kier molecular flexibility index (Phi) is 3.02. The highest BCUT2D eigenvalue weighted by Crippen LogP contribution is 2.33. The first-order chi connectivity index (χ1) is 8.52. The summed E-state index contributed by atoms with van der Waals surface area (Å²) in [4.78, 5) is 3.79. The molecule has 90 valence electrons. The van der Waals surface area contributed by atoms with Crippen LogP contribution in [0.1, 0.15) is 11.1 Å². The van der Waals surface area contributed by atoms with Crippen LogP contribution in [0.2, 0.25) is 0 Å². The van der Waals surface area contributed by atoms with Crippen LogP contribution >= 0.6 is 0 Å². The minimum atomic E-state index is -4.42. The summed E-state index contributed by atoms with van der Waals surface area (Å²) in [5.41, 5.74) is 0.227. The van der Waals surface area contributed by atoms with Crippen molar-refractivity contribution in [3.05, 3.63) is 53.9 Å². The van der Waals surface area contributed by atoms with Crippen LogP contribution < -0.4 is 0 Å². The lowest BCUT2D eigenvalue weighted by Gasteiger charge is -2.10. The van der Waals surface area contributed by atoms with Gasteiger partial charge in [0.15, 0.2) is 0 Å². The summed E-state index contributed by atoms with van der Waals surface area (Å²) in [5, 5.41) is 8.93. The highest BCUT2D eigenvalue weighted by molar-refractivity contribution is 5.70. The van der Waals surface area contributed by atoms with Crippen LogP contribution in [0.15, 0.2) is 42.7 Å². The summed E-state index contributed by atoms with van der Waals surface area (Å²) in [6, 6.07) is 8.08. The van der Waals surface area contributed by atoms with E-state index in [4.69, 9.17) is 5.26 Å². The molecule has 1 aromatic heterocycles. The molecule has 2 rings (SSSR count). The molecule has 2 nitrogen and oxygen atoms in total. The van der Waals surface area contributed by atoms with E-state index in [1.165, 1.54) is 18.5 Å². The summed E-state index contributed by atoms with van der Waals surface area (Å²) < 4.78 is 37.9. The third-order valence-corrected chi connectivity index (χ3v) is 2.46. The fourth-order valence-electron chi connectivity index (χ4n) is 1.59. The minimum Gasteiger partial charge on any atom is -0.265 e. The van der Waals surface area contributed by atoms with Gasteiger partial charge in [-0.05, 0) is 35.9 Å².